The molecule has 0 aliphatic carbocycles. The van der Waals surface area contributed by atoms with E-state index in [1.807, 2.05) is 0 Å². The topological polar surface area (TPSA) is 110 Å². The van der Waals surface area contributed by atoms with E-state index in [1.54, 1.807) is 7.05 Å². The normalized spacial score (nSPS) is 17.5. The monoisotopic (exact) mass is 282 g/mol. The Morgan fingerprint density at radius 1 is 1.50 bits per heavy atom. The first-order valence-electron chi connectivity index (χ1n) is 6.41. The Hall–Kier alpha value is -1.93. The molecule has 3 N–H and O–H groups in total. The fraction of sp³-hybridized carbons (Fsp3) is 0.583. The van der Waals surface area contributed by atoms with Crippen molar-refractivity contribution >= 4 is 17.3 Å². The summed E-state index contributed by atoms with van der Waals surface area (Å²) in [4.78, 5) is 14.6. The van der Waals surface area contributed by atoms with Crippen molar-refractivity contribution < 1.29 is 14.8 Å². The number of nitrogens with zero attached hydrogens (tertiary/aromatic N) is 2. The van der Waals surface area contributed by atoms with Crippen molar-refractivity contribution in [1.29, 1.82) is 0 Å². The van der Waals surface area contributed by atoms with Gasteiger partial charge in [0, 0.05) is 45.7 Å². The maximum Gasteiger partial charge on any atom is 0.311 e. The van der Waals surface area contributed by atoms with Crippen LogP contribution in [0.5, 0.6) is 0 Å². The van der Waals surface area contributed by atoms with Crippen molar-refractivity contribution in [3.8, 4) is 0 Å². The lowest BCUT2D eigenvalue weighted by Gasteiger charge is -2.32. The summed E-state index contributed by atoms with van der Waals surface area (Å²) < 4.78 is 5.19. The molecule has 1 aromatic rings. The fourth-order valence-corrected chi connectivity index (χ4v) is 2.04. The van der Waals surface area contributed by atoms with Crippen LogP contribution < -0.4 is 10.6 Å². The van der Waals surface area contributed by atoms with Crippen molar-refractivity contribution in [2.75, 3.05) is 37.4 Å². The summed E-state index contributed by atoms with van der Waals surface area (Å²) in [5.41, 5.74) is -1.02. The average Bonchev–Trinajstić information content (AvgIpc) is 2.45. The summed E-state index contributed by atoms with van der Waals surface area (Å²) in [5, 5.41) is 27.0. The lowest BCUT2D eigenvalue weighted by molar-refractivity contribution is -0.384. The van der Waals surface area contributed by atoms with Crippen molar-refractivity contribution in [1.82, 2.24) is 4.98 Å². The molecule has 20 heavy (non-hydrogen) atoms. The zero-order valence-corrected chi connectivity index (χ0v) is 11.3. The quantitative estimate of drug-likeness (QED) is 0.545. The first-order valence-corrected chi connectivity index (χ1v) is 6.41. The Morgan fingerprint density at radius 3 is 2.80 bits per heavy atom. The van der Waals surface area contributed by atoms with E-state index in [9.17, 15) is 15.2 Å². The molecular formula is C12H18N4O4. The number of nitrogens with one attached hydrogen (secondary N) is 2. The number of pyridine rings is 1. The van der Waals surface area contributed by atoms with E-state index in [0.29, 0.717) is 31.9 Å². The number of hydrogen-bond donors (Lipinski definition) is 3. The van der Waals surface area contributed by atoms with Gasteiger partial charge in [0.2, 0.25) is 5.82 Å². The Kier molecular flexibility index (Phi) is 4.35. The second-order valence-corrected chi connectivity index (χ2v) is 4.76. The molecule has 1 aliphatic heterocycles. The van der Waals surface area contributed by atoms with Gasteiger partial charge in [-0.05, 0) is 6.07 Å². The number of anilines is 2. The third-order valence-electron chi connectivity index (χ3n) is 3.34. The summed E-state index contributed by atoms with van der Waals surface area (Å²) in [5.74, 6) is 0.679. The van der Waals surface area contributed by atoms with Gasteiger partial charge in [-0.3, -0.25) is 10.1 Å². The Morgan fingerprint density at radius 2 is 2.20 bits per heavy atom. The number of aromatic nitrogens is 1. The molecular weight excluding hydrogens is 264 g/mol. The SMILES string of the molecule is CNc1ccc([N+](=O)[O-])c(NCC2(O)CCOCC2)n1. The second-order valence-electron chi connectivity index (χ2n) is 4.76. The van der Waals surface area contributed by atoms with Crippen molar-refractivity contribution in [2.24, 2.45) is 0 Å². The lowest BCUT2D eigenvalue weighted by Crippen LogP contribution is -2.42. The minimum absolute atomic E-state index is 0.111. The Bertz CT molecular complexity index is 488. The smallest absolute Gasteiger partial charge is 0.311 e. The molecule has 2 rings (SSSR count). The van der Waals surface area contributed by atoms with Gasteiger partial charge in [0.05, 0.1) is 10.5 Å². The summed E-state index contributed by atoms with van der Waals surface area (Å²) >= 11 is 0. The van der Waals surface area contributed by atoms with E-state index in [2.05, 4.69) is 15.6 Å². The van der Waals surface area contributed by atoms with Crippen LogP contribution in [0.1, 0.15) is 12.8 Å². The van der Waals surface area contributed by atoms with Crippen LogP contribution in [0.2, 0.25) is 0 Å². The minimum Gasteiger partial charge on any atom is -0.388 e. The van der Waals surface area contributed by atoms with Gasteiger partial charge in [-0.15, -0.1) is 0 Å². The second kappa shape index (κ2) is 6.02. The maximum atomic E-state index is 11.0. The highest BCUT2D eigenvalue weighted by atomic mass is 16.6. The number of ether oxygens (including phenoxy) is 1. The highest BCUT2D eigenvalue weighted by Gasteiger charge is 2.30. The molecule has 8 nitrogen and oxygen atoms in total. The predicted molar refractivity (Wildman–Crippen MR) is 73.9 cm³/mol. The van der Waals surface area contributed by atoms with Crippen LogP contribution in [0, 0.1) is 10.1 Å². The molecule has 1 fully saturated rings. The highest BCUT2D eigenvalue weighted by Crippen LogP contribution is 2.26. The summed E-state index contributed by atoms with van der Waals surface area (Å²) in [6, 6.07) is 2.92. The van der Waals surface area contributed by atoms with E-state index in [0.717, 1.165) is 0 Å². The van der Waals surface area contributed by atoms with Gasteiger partial charge in [-0.2, -0.15) is 0 Å². The first-order chi connectivity index (χ1) is 9.54. The molecule has 0 aromatic carbocycles. The molecule has 0 amide bonds. The summed E-state index contributed by atoms with van der Waals surface area (Å²) in [6.45, 7) is 1.19. The molecule has 0 atom stereocenters. The predicted octanol–water partition coefficient (Wildman–Crippen LogP) is 0.985. The van der Waals surface area contributed by atoms with Gasteiger partial charge in [0.25, 0.3) is 0 Å². The molecule has 2 heterocycles. The summed E-state index contributed by atoms with van der Waals surface area (Å²) in [7, 11) is 1.68. The van der Waals surface area contributed by atoms with Crippen LogP contribution in [0.4, 0.5) is 17.3 Å². The number of hydrogen-bond acceptors (Lipinski definition) is 7. The molecule has 0 radical (unpaired) electrons. The van der Waals surface area contributed by atoms with Crippen LogP contribution in [-0.2, 0) is 4.74 Å². The largest absolute Gasteiger partial charge is 0.388 e. The first kappa shape index (κ1) is 14.5. The molecule has 0 unspecified atom stereocenters. The van der Waals surface area contributed by atoms with E-state index in [4.69, 9.17) is 4.74 Å². The lowest BCUT2D eigenvalue weighted by atomic mass is 9.94. The van der Waals surface area contributed by atoms with Gasteiger partial charge < -0.3 is 20.5 Å². The van der Waals surface area contributed by atoms with E-state index in [-0.39, 0.29) is 18.1 Å². The Labute approximate surface area is 116 Å². The van der Waals surface area contributed by atoms with Crippen molar-refractivity contribution in [2.45, 2.75) is 18.4 Å². The summed E-state index contributed by atoms with van der Waals surface area (Å²) in [6.07, 6.45) is 0.999. The molecule has 1 saturated heterocycles. The molecule has 1 aromatic heterocycles. The van der Waals surface area contributed by atoms with Crippen LogP contribution in [0.15, 0.2) is 12.1 Å². The zero-order chi connectivity index (χ0) is 14.6. The van der Waals surface area contributed by atoms with Gasteiger partial charge in [0.15, 0.2) is 0 Å². The molecule has 1 aliphatic rings. The molecule has 110 valence electrons. The van der Waals surface area contributed by atoms with Crippen molar-refractivity contribution in [3.05, 3.63) is 22.2 Å². The van der Waals surface area contributed by atoms with Gasteiger partial charge in [-0.1, -0.05) is 0 Å². The van der Waals surface area contributed by atoms with E-state index >= 15 is 0 Å². The Balaban J connectivity index is 2.12. The van der Waals surface area contributed by atoms with E-state index in [1.165, 1.54) is 12.1 Å². The van der Waals surface area contributed by atoms with E-state index < -0.39 is 10.5 Å². The maximum absolute atomic E-state index is 11.0. The van der Waals surface area contributed by atoms with Gasteiger partial charge >= 0.3 is 5.69 Å². The highest BCUT2D eigenvalue weighted by molar-refractivity contribution is 5.60. The number of rotatable bonds is 5. The van der Waals surface area contributed by atoms with Crippen LogP contribution >= 0.6 is 0 Å². The van der Waals surface area contributed by atoms with Gasteiger partial charge in [-0.25, -0.2) is 4.98 Å². The van der Waals surface area contributed by atoms with Crippen LogP contribution in [0.3, 0.4) is 0 Å². The van der Waals surface area contributed by atoms with Crippen molar-refractivity contribution in [3.63, 3.8) is 0 Å². The zero-order valence-electron chi connectivity index (χ0n) is 11.3. The fourth-order valence-electron chi connectivity index (χ4n) is 2.04. The molecule has 8 heteroatoms. The number of aliphatic hydroxyl groups is 1. The standard InChI is InChI=1S/C12H18N4O4/c1-13-10-3-2-9(16(18)19)11(15-10)14-8-12(17)4-6-20-7-5-12/h2-3,17H,4-8H2,1H3,(H2,13,14,15). The van der Waals surface area contributed by atoms with Crippen LogP contribution in [-0.4, -0.2) is 47.4 Å². The number of nitro groups is 1. The minimum atomic E-state index is -0.913. The van der Waals surface area contributed by atoms with Crippen LogP contribution in [0.25, 0.3) is 0 Å². The molecule has 0 saturated carbocycles. The molecule has 0 spiro atoms. The third-order valence-corrected chi connectivity index (χ3v) is 3.34. The third kappa shape index (κ3) is 3.34. The average molecular weight is 282 g/mol. The molecule has 0 bridgehead atoms. The van der Waals surface area contributed by atoms with Gasteiger partial charge in [0.1, 0.15) is 5.82 Å².